The van der Waals surface area contributed by atoms with Crippen LogP contribution in [0.25, 0.3) is 0 Å². The Bertz CT molecular complexity index is 649. The zero-order valence-electron chi connectivity index (χ0n) is 12.7. The lowest BCUT2D eigenvalue weighted by molar-refractivity contribution is 0.233. The summed E-state index contributed by atoms with van der Waals surface area (Å²) in [6.07, 6.45) is 6.45. The molecule has 1 heterocycles. The maximum absolute atomic E-state index is 12.7. The molecular formula is C16H23ClN2O2. The second-order valence-electron chi connectivity index (χ2n) is 6.73. The van der Waals surface area contributed by atoms with Crippen molar-refractivity contribution < 1.29 is 0 Å². The molecule has 21 heavy (non-hydrogen) atoms. The van der Waals surface area contributed by atoms with Crippen LogP contribution in [0, 0.1) is 17.8 Å². The van der Waals surface area contributed by atoms with Crippen molar-refractivity contribution in [3.63, 3.8) is 0 Å². The molecule has 116 valence electrons. The van der Waals surface area contributed by atoms with Gasteiger partial charge >= 0.3 is 5.69 Å². The highest BCUT2D eigenvalue weighted by Crippen LogP contribution is 2.51. The average Bonchev–Trinajstić information content (AvgIpc) is 3.05. The van der Waals surface area contributed by atoms with Gasteiger partial charge in [0, 0.05) is 6.04 Å². The molecule has 4 atom stereocenters. The van der Waals surface area contributed by atoms with E-state index in [0.29, 0.717) is 23.8 Å². The van der Waals surface area contributed by atoms with Gasteiger partial charge in [-0.3, -0.25) is 14.3 Å². The van der Waals surface area contributed by atoms with E-state index in [1.807, 2.05) is 13.8 Å². The van der Waals surface area contributed by atoms with E-state index in [-0.39, 0.29) is 22.4 Å². The summed E-state index contributed by atoms with van der Waals surface area (Å²) >= 11 is 6.04. The average molecular weight is 311 g/mol. The number of H-pyrrole nitrogens is 1. The van der Waals surface area contributed by atoms with Gasteiger partial charge in [0.1, 0.15) is 5.15 Å². The summed E-state index contributed by atoms with van der Waals surface area (Å²) in [7, 11) is 0. The van der Waals surface area contributed by atoms with Gasteiger partial charge in [0.15, 0.2) is 0 Å². The first kappa shape index (κ1) is 14.9. The van der Waals surface area contributed by atoms with E-state index in [1.165, 1.54) is 23.8 Å². The largest absolute Gasteiger partial charge is 0.329 e. The number of nitrogens with zero attached hydrogens (tertiary/aromatic N) is 1. The quantitative estimate of drug-likeness (QED) is 0.869. The highest BCUT2D eigenvalue weighted by atomic mass is 35.5. The second kappa shape index (κ2) is 5.64. The molecule has 2 saturated carbocycles. The Morgan fingerprint density at radius 3 is 2.67 bits per heavy atom. The monoisotopic (exact) mass is 310 g/mol. The topological polar surface area (TPSA) is 54.9 Å². The summed E-state index contributed by atoms with van der Waals surface area (Å²) in [6.45, 7) is 4.02. The van der Waals surface area contributed by atoms with Crippen molar-refractivity contribution in [3.8, 4) is 0 Å². The van der Waals surface area contributed by atoms with E-state index < -0.39 is 0 Å². The normalized spacial score (nSPS) is 29.0. The molecule has 0 radical (unpaired) electrons. The lowest BCUT2D eigenvalue weighted by Gasteiger charge is -2.29. The standard InChI is InChI=1S/C16H23ClN2O2/c1-3-4-12-14(17)18-16(21)19(15(12)20)9(2)13-8-10-5-6-11(13)7-10/h9-11,13H,3-8H2,1-2H3,(H,18,21). The van der Waals surface area contributed by atoms with Crippen LogP contribution >= 0.6 is 11.6 Å². The fourth-order valence-corrected chi connectivity index (χ4v) is 4.73. The summed E-state index contributed by atoms with van der Waals surface area (Å²) in [4.78, 5) is 27.6. The first-order chi connectivity index (χ1) is 10.0. The molecule has 0 aliphatic heterocycles. The van der Waals surface area contributed by atoms with E-state index >= 15 is 0 Å². The highest BCUT2D eigenvalue weighted by Gasteiger charge is 2.43. The van der Waals surface area contributed by atoms with Crippen LogP contribution in [0.1, 0.15) is 57.6 Å². The van der Waals surface area contributed by atoms with Crippen molar-refractivity contribution in [2.24, 2.45) is 17.8 Å². The van der Waals surface area contributed by atoms with Gasteiger partial charge in [-0.2, -0.15) is 0 Å². The first-order valence-corrected chi connectivity index (χ1v) is 8.43. The molecule has 0 saturated heterocycles. The Hall–Kier alpha value is -1.03. The zero-order valence-corrected chi connectivity index (χ0v) is 13.4. The van der Waals surface area contributed by atoms with Crippen molar-refractivity contribution in [2.45, 2.75) is 58.4 Å². The molecule has 3 rings (SSSR count). The SMILES string of the molecule is CCCc1c(Cl)[nH]c(=O)n(C(C)C2CC3CCC2C3)c1=O. The minimum absolute atomic E-state index is 0.0376. The van der Waals surface area contributed by atoms with Gasteiger partial charge in [-0.15, -0.1) is 0 Å². The smallest absolute Gasteiger partial charge is 0.297 e. The Morgan fingerprint density at radius 1 is 1.33 bits per heavy atom. The van der Waals surface area contributed by atoms with Crippen LogP contribution in [0.3, 0.4) is 0 Å². The molecule has 0 aromatic carbocycles. The molecular weight excluding hydrogens is 288 g/mol. The van der Waals surface area contributed by atoms with Gasteiger partial charge in [0.05, 0.1) is 5.56 Å². The summed E-state index contributed by atoms with van der Waals surface area (Å²) in [5.74, 6) is 1.94. The van der Waals surface area contributed by atoms with E-state index in [4.69, 9.17) is 11.6 Å². The van der Waals surface area contributed by atoms with Crippen LogP contribution in [-0.2, 0) is 6.42 Å². The molecule has 2 fully saturated rings. The number of hydrogen-bond donors (Lipinski definition) is 1. The summed E-state index contributed by atoms with van der Waals surface area (Å²) in [5, 5.41) is 0.211. The molecule has 5 heteroatoms. The maximum atomic E-state index is 12.7. The van der Waals surface area contributed by atoms with Crippen LogP contribution in [-0.4, -0.2) is 9.55 Å². The number of rotatable bonds is 4. The van der Waals surface area contributed by atoms with Gasteiger partial charge in [-0.25, -0.2) is 4.79 Å². The van der Waals surface area contributed by atoms with E-state index in [2.05, 4.69) is 4.98 Å². The van der Waals surface area contributed by atoms with Crippen LogP contribution in [0.4, 0.5) is 0 Å². The summed E-state index contributed by atoms with van der Waals surface area (Å²) in [6, 6.07) is -0.0376. The Morgan fingerprint density at radius 2 is 2.10 bits per heavy atom. The number of halogens is 1. The van der Waals surface area contributed by atoms with Crippen LogP contribution in [0.5, 0.6) is 0 Å². The fourth-order valence-electron chi connectivity index (χ4n) is 4.47. The molecule has 0 spiro atoms. The number of fused-ring (bicyclic) bond motifs is 2. The summed E-state index contributed by atoms with van der Waals surface area (Å²) in [5.41, 5.74) is -0.00484. The lowest BCUT2D eigenvalue weighted by Crippen LogP contribution is -2.42. The second-order valence-corrected chi connectivity index (χ2v) is 7.11. The molecule has 2 aliphatic rings. The van der Waals surface area contributed by atoms with Crippen LogP contribution in [0.2, 0.25) is 5.15 Å². The van der Waals surface area contributed by atoms with Crippen molar-refractivity contribution in [2.75, 3.05) is 0 Å². The molecule has 2 bridgehead atoms. The third-order valence-corrected chi connectivity index (χ3v) is 5.82. The van der Waals surface area contributed by atoms with Crippen molar-refractivity contribution in [1.29, 1.82) is 0 Å². The van der Waals surface area contributed by atoms with Gasteiger partial charge in [-0.05, 0) is 50.4 Å². The molecule has 1 N–H and O–H groups in total. The van der Waals surface area contributed by atoms with E-state index in [9.17, 15) is 9.59 Å². The zero-order chi connectivity index (χ0) is 15.1. The van der Waals surface area contributed by atoms with Gasteiger partial charge in [0.25, 0.3) is 5.56 Å². The number of hydrogen-bond acceptors (Lipinski definition) is 2. The van der Waals surface area contributed by atoms with E-state index in [1.54, 1.807) is 0 Å². The van der Waals surface area contributed by atoms with Gasteiger partial charge in [0.2, 0.25) is 0 Å². The Labute approximate surface area is 129 Å². The van der Waals surface area contributed by atoms with Crippen LogP contribution < -0.4 is 11.2 Å². The predicted molar refractivity (Wildman–Crippen MR) is 84.0 cm³/mol. The Kier molecular flexibility index (Phi) is 4.00. The minimum Gasteiger partial charge on any atom is -0.297 e. The number of nitrogens with one attached hydrogen (secondary N) is 1. The van der Waals surface area contributed by atoms with Crippen molar-refractivity contribution in [1.82, 2.24) is 9.55 Å². The van der Waals surface area contributed by atoms with Gasteiger partial charge in [-0.1, -0.05) is 31.4 Å². The highest BCUT2D eigenvalue weighted by molar-refractivity contribution is 6.30. The van der Waals surface area contributed by atoms with Crippen molar-refractivity contribution in [3.05, 3.63) is 31.6 Å². The third-order valence-electron chi connectivity index (χ3n) is 5.50. The number of aromatic nitrogens is 2. The van der Waals surface area contributed by atoms with Gasteiger partial charge < -0.3 is 0 Å². The van der Waals surface area contributed by atoms with Crippen molar-refractivity contribution >= 4 is 11.6 Å². The van der Waals surface area contributed by atoms with Crippen LogP contribution in [0.15, 0.2) is 9.59 Å². The van der Waals surface area contributed by atoms with E-state index in [0.717, 1.165) is 18.8 Å². The fraction of sp³-hybridized carbons (Fsp3) is 0.750. The molecule has 1 aromatic rings. The number of aromatic amines is 1. The molecule has 1 aromatic heterocycles. The minimum atomic E-state index is -0.361. The first-order valence-electron chi connectivity index (χ1n) is 8.06. The lowest BCUT2D eigenvalue weighted by atomic mass is 9.84. The molecule has 0 amide bonds. The maximum Gasteiger partial charge on any atom is 0.329 e. The third kappa shape index (κ3) is 2.48. The Balaban J connectivity index is 2.00. The molecule has 4 unspecified atom stereocenters. The molecule has 2 aliphatic carbocycles. The predicted octanol–water partition coefficient (Wildman–Crippen LogP) is 3.14. The molecule has 4 nitrogen and oxygen atoms in total. The summed E-state index contributed by atoms with van der Waals surface area (Å²) < 4.78 is 1.42.